The summed E-state index contributed by atoms with van der Waals surface area (Å²) in [5, 5.41) is 3.41. The van der Waals surface area contributed by atoms with Crippen molar-refractivity contribution in [2.45, 2.75) is 46.1 Å². The van der Waals surface area contributed by atoms with Crippen molar-refractivity contribution in [3.63, 3.8) is 0 Å². The van der Waals surface area contributed by atoms with Gasteiger partial charge in [-0.3, -0.25) is 0 Å². The molecule has 1 heterocycles. The predicted molar refractivity (Wildman–Crippen MR) is 73.9 cm³/mol. The largest absolute Gasteiger partial charge is 0.316 e. The summed E-state index contributed by atoms with van der Waals surface area (Å²) in [6.07, 6.45) is 3.15. The van der Waals surface area contributed by atoms with Crippen molar-refractivity contribution in [1.82, 2.24) is 10.0 Å². The van der Waals surface area contributed by atoms with Gasteiger partial charge in [-0.25, -0.2) is 13.1 Å². The van der Waals surface area contributed by atoms with Crippen LogP contribution < -0.4 is 10.0 Å². The fourth-order valence-electron chi connectivity index (χ4n) is 3.27. The van der Waals surface area contributed by atoms with Crippen molar-refractivity contribution in [2.75, 3.05) is 18.8 Å². The quantitative estimate of drug-likeness (QED) is 0.816. The Kier molecular flexibility index (Phi) is 4.04. The van der Waals surface area contributed by atoms with Crippen molar-refractivity contribution in [2.24, 2.45) is 17.3 Å². The van der Waals surface area contributed by atoms with Gasteiger partial charge in [0.05, 0.1) is 5.75 Å². The Bertz CT molecular complexity index is 386. The second-order valence-electron chi connectivity index (χ2n) is 7.13. The summed E-state index contributed by atoms with van der Waals surface area (Å²) in [6.45, 7) is 8.06. The van der Waals surface area contributed by atoms with Crippen LogP contribution in [-0.4, -0.2) is 33.3 Å². The third-order valence-corrected chi connectivity index (χ3v) is 5.86. The third-order valence-electron chi connectivity index (χ3n) is 3.92. The second kappa shape index (κ2) is 5.10. The summed E-state index contributed by atoms with van der Waals surface area (Å²) in [5.74, 6) is 1.65. The van der Waals surface area contributed by atoms with Gasteiger partial charge in [0.1, 0.15) is 0 Å². The van der Waals surface area contributed by atoms with Crippen LogP contribution in [0.1, 0.15) is 40.0 Å². The molecule has 2 N–H and O–H groups in total. The molecule has 5 heteroatoms. The standard InChI is InChI=1S/C13H26N2O2S/c1-13(2,3)9-18(16,17)15-12-5-4-10-7-14-8-11(10)6-12/h10-12,14-15H,4-9H2,1-3H3/t10-,11+,12?/m0/s1. The normalized spacial score (nSPS) is 33.4. The summed E-state index contributed by atoms with van der Waals surface area (Å²) in [7, 11) is -3.14. The van der Waals surface area contributed by atoms with Crippen molar-refractivity contribution in [3.05, 3.63) is 0 Å². The lowest BCUT2D eigenvalue weighted by molar-refractivity contribution is 0.260. The van der Waals surface area contributed by atoms with Crippen LogP contribution in [0.5, 0.6) is 0 Å². The summed E-state index contributed by atoms with van der Waals surface area (Å²) in [4.78, 5) is 0. The Hall–Kier alpha value is -0.130. The molecule has 18 heavy (non-hydrogen) atoms. The molecule has 2 aliphatic rings. The van der Waals surface area contributed by atoms with Crippen LogP contribution in [0.25, 0.3) is 0 Å². The third kappa shape index (κ3) is 3.93. The molecule has 2 rings (SSSR count). The monoisotopic (exact) mass is 274 g/mol. The molecule has 1 saturated heterocycles. The van der Waals surface area contributed by atoms with Gasteiger partial charge in [-0.2, -0.15) is 0 Å². The predicted octanol–water partition coefficient (Wildman–Crippen LogP) is 1.34. The Morgan fingerprint density at radius 1 is 1.17 bits per heavy atom. The molecule has 1 aliphatic carbocycles. The number of hydrogen-bond donors (Lipinski definition) is 2. The number of nitrogens with one attached hydrogen (secondary N) is 2. The Balaban J connectivity index is 1.90. The van der Waals surface area contributed by atoms with Gasteiger partial charge < -0.3 is 5.32 Å². The highest BCUT2D eigenvalue weighted by molar-refractivity contribution is 7.89. The zero-order valence-corrected chi connectivity index (χ0v) is 12.5. The summed E-state index contributed by atoms with van der Waals surface area (Å²) in [5.41, 5.74) is -0.183. The maximum absolute atomic E-state index is 12.1. The molecule has 2 fully saturated rings. The second-order valence-corrected chi connectivity index (χ2v) is 8.88. The van der Waals surface area contributed by atoms with Gasteiger partial charge >= 0.3 is 0 Å². The molecule has 0 aromatic heterocycles. The average molecular weight is 274 g/mol. The van der Waals surface area contributed by atoms with Gasteiger partial charge in [-0.1, -0.05) is 20.8 Å². The van der Waals surface area contributed by atoms with Crippen LogP contribution in [0.4, 0.5) is 0 Å². The molecule has 1 unspecified atom stereocenters. The fraction of sp³-hybridized carbons (Fsp3) is 1.00. The van der Waals surface area contributed by atoms with E-state index in [2.05, 4.69) is 10.0 Å². The van der Waals surface area contributed by atoms with Gasteiger partial charge in [0.2, 0.25) is 10.0 Å². The molecule has 0 radical (unpaired) electrons. The zero-order valence-electron chi connectivity index (χ0n) is 11.7. The lowest BCUT2D eigenvalue weighted by Gasteiger charge is -2.32. The highest BCUT2D eigenvalue weighted by Gasteiger charge is 2.35. The van der Waals surface area contributed by atoms with Crippen molar-refractivity contribution >= 4 is 10.0 Å². The van der Waals surface area contributed by atoms with E-state index >= 15 is 0 Å². The molecular weight excluding hydrogens is 248 g/mol. The van der Waals surface area contributed by atoms with Gasteiger partial charge in [0.25, 0.3) is 0 Å². The molecule has 1 aliphatic heterocycles. The maximum Gasteiger partial charge on any atom is 0.212 e. The van der Waals surface area contributed by atoms with Crippen molar-refractivity contribution in [1.29, 1.82) is 0 Å². The van der Waals surface area contributed by atoms with E-state index in [1.165, 1.54) is 0 Å². The lowest BCUT2D eigenvalue weighted by Crippen LogP contribution is -2.43. The summed E-state index contributed by atoms with van der Waals surface area (Å²) < 4.78 is 27.1. The SMILES string of the molecule is CC(C)(C)CS(=O)(=O)NC1CC[C@H]2CNC[C@H]2C1. The molecule has 1 saturated carbocycles. The minimum absolute atomic E-state index is 0.151. The summed E-state index contributed by atoms with van der Waals surface area (Å²) >= 11 is 0. The first-order valence-electron chi connectivity index (χ1n) is 6.96. The van der Waals surface area contributed by atoms with E-state index in [-0.39, 0.29) is 17.2 Å². The van der Waals surface area contributed by atoms with Gasteiger partial charge in [0.15, 0.2) is 0 Å². The van der Waals surface area contributed by atoms with Crippen molar-refractivity contribution < 1.29 is 8.42 Å². The van der Waals surface area contributed by atoms with Gasteiger partial charge in [-0.05, 0) is 49.6 Å². The Morgan fingerprint density at radius 3 is 2.50 bits per heavy atom. The van der Waals surface area contributed by atoms with E-state index in [4.69, 9.17) is 0 Å². The molecule has 0 amide bonds. The molecule has 0 aromatic carbocycles. The van der Waals surface area contributed by atoms with Crippen LogP contribution in [-0.2, 0) is 10.0 Å². The van der Waals surface area contributed by atoms with Crippen molar-refractivity contribution in [3.8, 4) is 0 Å². The van der Waals surface area contributed by atoms with Crippen LogP contribution in [0.2, 0.25) is 0 Å². The van der Waals surface area contributed by atoms with E-state index in [1.807, 2.05) is 20.8 Å². The Labute approximate surface area is 111 Å². The van der Waals surface area contributed by atoms with E-state index in [9.17, 15) is 8.42 Å². The molecule has 0 aromatic rings. The maximum atomic E-state index is 12.1. The molecule has 0 bridgehead atoms. The van der Waals surface area contributed by atoms with E-state index in [1.54, 1.807) is 0 Å². The summed E-state index contributed by atoms with van der Waals surface area (Å²) in [6, 6.07) is 0.151. The first-order valence-corrected chi connectivity index (χ1v) is 8.61. The highest BCUT2D eigenvalue weighted by atomic mass is 32.2. The highest BCUT2D eigenvalue weighted by Crippen LogP contribution is 2.33. The molecule has 4 nitrogen and oxygen atoms in total. The van der Waals surface area contributed by atoms with E-state index in [0.717, 1.165) is 38.3 Å². The van der Waals surface area contributed by atoms with Crippen LogP contribution in [0, 0.1) is 17.3 Å². The van der Waals surface area contributed by atoms with E-state index < -0.39 is 10.0 Å². The van der Waals surface area contributed by atoms with Crippen LogP contribution in [0.15, 0.2) is 0 Å². The topological polar surface area (TPSA) is 58.2 Å². The minimum Gasteiger partial charge on any atom is -0.316 e. The van der Waals surface area contributed by atoms with Crippen LogP contribution >= 0.6 is 0 Å². The molecule has 106 valence electrons. The van der Waals surface area contributed by atoms with Gasteiger partial charge in [0, 0.05) is 6.04 Å². The van der Waals surface area contributed by atoms with Gasteiger partial charge in [-0.15, -0.1) is 0 Å². The zero-order chi connectivity index (χ0) is 13.4. The number of sulfonamides is 1. The fourth-order valence-corrected chi connectivity index (χ4v) is 5.22. The smallest absolute Gasteiger partial charge is 0.212 e. The first kappa shape index (κ1) is 14.3. The number of fused-ring (bicyclic) bond motifs is 1. The first-order chi connectivity index (χ1) is 8.25. The van der Waals surface area contributed by atoms with Crippen LogP contribution in [0.3, 0.4) is 0 Å². The lowest BCUT2D eigenvalue weighted by atomic mass is 9.79. The average Bonchev–Trinajstić information content (AvgIpc) is 2.59. The number of hydrogen-bond acceptors (Lipinski definition) is 3. The minimum atomic E-state index is -3.14. The number of rotatable bonds is 3. The molecule has 0 spiro atoms. The van der Waals surface area contributed by atoms with E-state index in [0.29, 0.717) is 5.92 Å². The molecular formula is C13H26N2O2S. The molecule has 3 atom stereocenters. The Morgan fingerprint density at radius 2 is 1.83 bits per heavy atom.